The summed E-state index contributed by atoms with van der Waals surface area (Å²) in [7, 11) is 1.91. The van der Waals surface area contributed by atoms with E-state index in [-0.39, 0.29) is 0 Å². The third-order valence-corrected chi connectivity index (χ3v) is 5.04. The van der Waals surface area contributed by atoms with E-state index in [0.717, 1.165) is 49.7 Å². The van der Waals surface area contributed by atoms with Crippen LogP contribution in [0.25, 0.3) is 44.1 Å². The fourth-order valence-corrected chi connectivity index (χ4v) is 3.66. The Hall–Kier alpha value is -3.20. The first kappa shape index (κ1) is 12.2. The summed E-state index contributed by atoms with van der Waals surface area (Å²) < 4.78 is 31.4. The van der Waals surface area contributed by atoms with Crippen LogP contribution >= 0.6 is 0 Å². The molecule has 0 fully saturated rings. The van der Waals surface area contributed by atoms with E-state index in [1.807, 2.05) is 61.1 Å². The smallest absolute Gasteiger partial charge is 0.212 e. The maximum Gasteiger partial charge on any atom is 0.212 e. The van der Waals surface area contributed by atoms with Gasteiger partial charge in [-0.25, -0.2) is 4.57 Å². The number of benzene rings is 2. The summed E-state index contributed by atoms with van der Waals surface area (Å²) in [6.45, 7) is -0.145. The van der Waals surface area contributed by atoms with E-state index in [0.29, 0.717) is 5.56 Å². The van der Waals surface area contributed by atoms with Crippen LogP contribution in [0, 0.1) is 13.8 Å². The molecule has 0 bridgehead atoms. The van der Waals surface area contributed by atoms with E-state index in [1.54, 1.807) is 18.3 Å². The largest absolute Gasteiger partial charge is 0.453 e. The highest BCUT2D eigenvalue weighted by Crippen LogP contribution is 2.36. The lowest BCUT2D eigenvalue weighted by Gasteiger charge is -2.05. The maximum absolute atomic E-state index is 7.73. The van der Waals surface area contributed by atoms with Crippen molar-refractivity contribution in [2.24, 2.45) is 7.05 Å². The van der Waals surface area contributed by atoms with Gasteiger partial charge in [-0.05, 0) is 31.5 Å². The Morgan fingerprint density at radius 1 is 1.04 bits per heavy atom. The minimum Gasteiger partial charge on any atom is -0.453 e. The second kappa shape index (κ2) is 5.40. The van der Waals surface area contributed by atoms with Gasteiger partial charge in [0, 0.05) is 44.2 Å². The van der Waals surface area contributed by atoms with Crippen LogP contribution in [0.3, 0.4) is 0 Å². The molecule has 126 valence electrons. The highest BCUT2D eigenvalue weighted by atomic mass is 16.3. The summed E-state index contributed by atoms with van der Waals surface area (Å²) in [5, 5.41) is 3.03. The van der Waals surface area contributed by atoms with E-state index in [9.17, 15) is 0 Å². The van der Waals surface area contributed by atoms with E-state index in [2.05, 4.69) is 4.98 Å². The number of fused-ring (bicyclic) bond motifs is 5. The molecule has 0 aliphatic heterocycles. The minimum atomic E-state index is -2.15. The van der Waals surface area contributed by atoms with Gasteiger partial charge in [-0.2, -0.15) is 0 Å². The topological polar surface area (TPSA) is 29.9 Å². The first-order chi connectivity index (χ1) is 13.8. The van der Waals surface area contributed by atoms with Crippen LogP contribution in [0.1, 0.15) is 15.2 Å². The van der Waals surface area contributed by atoms with Crippen LogP contribution in [-0.2, 0) is 7.05 Å². The molecule has 5 rings (SSSR count). The zero-order valence-corrected chi connectivity index (χ0v) is 14.6. The zero-order valence-electron chi connectivity index (χ0n) is 17.6. The van der Waals surface area contributed by atoms with Crippen molar-refractivity contribution in [3.63, 3.8) is 0 Å². The van der Waals surface area contributed by atoms with Gasteiger partial charge in [-0.15, -0.1) is 0 Å². The molecule has 3 heteroatoms. The van der Waals surface area contributed by atoms with E-state index < -0.39 is 6.85 Å². The van der Waals surface area contributed by atoms with Crippen molar-refractivity contribution in [2.75, 3.05) is 0 Å². The van der Waals surface area contributed by atoms with Crippen molar-refractivity contribution < 1.29 is 13.1 Å². The predicted molar refractivity (Wildman–Crippen MR) is 105 cm³/mol. The molecular weight excluding hydrogens is 320 g/mol. The molecule has 3 aromatic heterocycles. The SMILES string of the molecule is [2H]C([2H])([2H])c1cc[n+](C)c(-c2ccc3c(oc4c5ccccc5cnc34)c2C)c1. The third-order valence-electron chi connectivity index (χ3n) is 5.04. The molecule has 0 saturated heterocycles. The highest BCUT2D eigenvalue weighted by molar-refractivity contribution is 6.13. The standard InChI is InChI=1S/C23H19N2O/c1-14-10-11-25(3)20(12-14)17-8-9-19-21-23(26-22(19)15(17)2)18-7-5-4-6-16(18)13-24-21/h4-13H,1-3H3/q+1/i1D3. The Morgan fingerprint density at radius 2 is 1.92 bits per heavy atom. The Labute approximate surface area is 155 Å². The van der Waals surface area contributed by atoms with Crippen LogP contribution in [0.5, 0.6) is 0 Å². The molecule has 5 aromatic rings. The summed E-state index contributed by atoms with van der Waals surface area (Å²) in [6.07, 6.45) is 3.66. The average Bonchev–Trinajstić information content (AvgIpc) is 3.08. The average molecular weight is 342 g/mol. The first-order valence-electron chi connectivity index (χ1n) is 10.0. The molecule has 0 aliphatic carbocycles. The Kier molecular flexibility index (Phi) is 2.53. The molecule has 0 unspecified atom stereocenters. The van der Waals surface area contributed by atoms with Gasteiger partial charge in [0.25, 0.3) is 0 Å². The number of furan rings is 1. The molecule has 2 aromatic carbocycles. The van der Waals surface area contributed by atoms with Gasteiger partial charge in [-0.3, -0.25) is 4.98 Å². The molecule has 3 nitrogen and oxygen atoms in total. The molecule has 0 amide bonds. The quantitative estimate of drug-likeness (QED) is 0.390. The number of pyridine rings is 2. The highest BCUT2D eigenvalue weighted by Gasteiger charge is 2.19. The van der Waals surface area contributed by atoms with Crippen molar-refractivity contribution in [1.82, 2.24) is 4.98 Å². The fourth-order valence-electron chi connectivity index (χ4n) is 3.66. The van der Waals surface area contributed by atoms with E-state index in [4.69, 9.17) is 8.53 Å². The lowest BCUT2D eigenvalue weighted by atomic mass is 10.0. The van der Waals surface area contributed by atoms with Gasteiger partial charge < -0.3 is 4.42 Å². The Balaban J connectivity index is 1.80. The van der Waals surface area contributed by atoms with Crippen LogP contribution in [0.15, 0.2) is 65.3 Å². The molecule has 0 N–H and O–H groups in total. The third kappa shape index (κ3) is 2.07. The fraction of sp³-hybridized carbons (Fsp3) is 0.130. The van der Waals surface area contributed by atoms with Crippen molar-refractivity contribution >= 4 is 32.8 Å². The zero-order chi connectivity index (χ0) is 20.3. The number of nitrogens with zero attached hydrogens (tertiary/aromatic N) is 2. The molecule has 0 saturated carbocycles. The molecule has 0 spiro atoms. The Morgan fingerprint density at radius 3 is 2.81 bits per heavy atom. The number of aryl methyl sites for hydroxylation is 3. The normalized spacial score (nSPS) is 13.8. The Bertz CT molecular complexity index is 1420. The molecular formula is C23H19N2O+. The van der Waals surface area contributed by atoms with Crippen LogP contribution in [0.2, 0.25) is 0 Å². The van der Waals surface area contributed by atoms with Crippen molar-refractivity contribution in [3.05, 3.63) is 72.1 Å². The number of hydrogen-bond acceptors (Lipinski definition) is 2. The van der Waals surface area contributed by atoms with Gasteiger partial charge >= 0.3 is 0 Å². The molecule has 0 aliphatic rings. The summed E-state index contributed by atoms with van der Waals surface area (Å²) in [5.74, 6) is 0. The second-order valence-corrected chi connectivity index (χ2v) is 6.65. The summed E-state index contributed by atoms with van der Waals surface area (Å²) in [5.41, 5.74) is 5.45. The molecule has 26 heavy (non-hydrogen) atoms. The van der Waals surface area contributed by atoms with Gasteiger partial charge in [0.15, 0.2) is 11.8 Å². The monoisotopic (exact) mass is 342 g/mol. The van der Waals surface area contributed by atoms with Gasteiger partial charge in [0.1, 0.15) is 18.1 Å². The van der Waals surface area contributed by atoms with Crippen molar-refractivity contribution in [1.29, 1.82) is 0 Å². The van der Waals surface area contributed by atoms with Gasteiger partial charge in [0.05, 0.1) is 5.56 Å². The van der Waals surface area contributed by atoms with Crippen LogP contribution in [-0.4, -0.2) is 4.98 Å². The number of aromatic nitrogens is 2. The van der Waals surface area contributed by atoms with Gasteiger partial charge in [0.2, 0.25) is 5.69 Å². The first-order valence-corrected chi connectivity index (χ1v) is 8.55. The van der Waals surface area contributed by atoms with E-state index >= 15 is 0 Å². The van der Waals surface area contributed by atoms with Crippen LogP contribution < -0.4 is 4.57 Å². The van der Waals surface area contributed by atoms with Crippen molar-refractivity contribution in [2.45, 2.75) is 13.8 Å². The van der Waals surface area contributed by atoms with Crippen molar-refractivity contribution in [3.8, 4) is 11.3 Å². The number of rotatable bonds is 1. The predicted octanol–water partition coefficient (Wildman–Crippen LogP) is 5.24. The van der Waals surface area contributed by atoms with E-state index in [1.165, 1.54) is 0 Å². The minimum absolute atomic E-state index is 0.322. The molecule has 0 radical (unpaired) electrons. The molecule has 3 heterocycles. The molecule has 0 atom stereocenters. The lowest BCUT2D eigenvalue weighted by Crippen LogP contribution is -2.30. The summed E-state index contributed by atoms with van der Waals surface area (Å²) in [6, 6.07) is 15.4. The summed E-state index contributed by atoms with van der Waals surface area (Å²) >= 11 is 0. The van der Waals surface area contributed by atoms with Crippen LogP contribution in [0.4, 0.5) is 0 Å². The number of hydrogen-bond donors (Lipinski definition) is 0. The van der Waals surface area contributed by atoms with Gasteiger partial charge in [-0.1, -0.05) is 24.3 Å². The summed E-state index contributed by atoms with van der Waals surface area (Å²) in [4.78, 5) is 4.63. The maximum atomic E-state index is 7.73. The second-order valence-electron chi connectivity index (χ2n) is 6.65. The lowest BCUT2D eigenvalue weighted by molar-refractivity contribution is -0.660.